The van der Waals surface area contributed by atoms with Gasteiger partial charge in [-0.05, 0) is 61.8 Å². The number of aryl methyl sites for hydroxylation is 2. The third-order valence-corrected chi connectivity index (χ3v) is 6.99. The van der Waals surface area contributed by atoms with E-state index in [1.54, 1.807) is 13.8 Å². The number of carbonyl (C=O) groups is 3. The fraction of sp³-hybridized carbons (Fsp3) is 0.444. The molecule has 1 amide bonds. The first-order valence-corrected chi connectivity index (χ1v) is 12.4. The van der Waals surface area contributed by atoms with E-state index >= 15 is 0 Å². The topological polar surface area (TPSA) is 74.7 Å². The van der Waals surface area contributed by atoms with Gasteiger partial charge >= 0.3 is 5.97 Å². The minimum atomic E-state index is -1.03. The van der Waals surface area contributed by atoms with Crippen LogP contribution >= 0.6 is 23.2 Å². The van der Waals surface area contributed by atoms with E-state index in [1.807, 2.05) is 31.2 Å². The largest absolute Gasteiger partial charge is 0.480 e. The first-order chi connectivity index (χ1) is 16.1. The standard InChI is InChI=1S/C15H14Cl2.C12H19NO4/c16-14-10-9-13(11-15(14)17)8-4-7-12-5-2-1-3-6-12;1-4-12(2,3)9(14)10(15)13-7-5-6-8(13)11(16)17/h1-3,5-6,9-11H,4,7-8H2;8H,4-7H2,1-3H3,(H,16,17). The average molecular weight is 506 g/mol. The molecule has 1 atom stereocenters. The molecule has 34 heavy (non-hydrogen) atoms. The number of nitrogens with zero attached hydrogens (tertiary/aromatic N) is 1. The van der Waals surface area contributed by atoms with Gasteiger partial charge in [0.2, 0.25) is 5.78 Å². The number of halogens is 2. The van der Waals surface area contributed by atoms with Gasteiger partial charge in [0.25, 0.3) is 5.91 Å². The van der Waals surface area contributed by atoms with Crippen LogP contribution in [0, 0.1) is 5.41 Å². The lowest BCUT2D eigenvalue weighted by molar-refractivity contribution is -0.154. The third kappa shape index (κ3) is 7.85. The number of hydrogen-bond acceptors (Lipinski definition) is 3. The van der Waals surface area contributed by atoms with Crippen molar-refractivity contribution >= 4 is 40.9 Å². The SMILES string of the molecule is CCC(C)(C)C(=O)C(=O)N1CCCC1C(=O)O.Clc1ccc(CCCc2ccccc2)cc1Cl. The highest BCUT2D eigenvalue weighted by Crippen LogP contribution is 2.26. The highest BCUT2D eigenvalue weighted by molar-refractivity contribution is 6.42. The van der Waals surface area contributed by atoms with Gasteiger partial charge in [0.05, 0.1) is 10.0 Å². The van der Waals surface area contributed by atoms with Gasteiger partial charge in [-0.15, -0.1) is 0 Å². The van der Waals surface area contributed by atoms with Crippen molar-refractivity contribution in [3.8, 4) is 0 Å². The fourth-order valence-corrected chi connectivity index (χ4v) is 4.00. The highest BCUT2D eigenvalue weighted by Gasteiger charge is 2.41. The lowest BCUT2D eigenvalue weighted by Gasteiger charge is -2.26. The zero-order valence-corrected chi connectivity index (χ0v) is 21.5. The molecule has 0 bridgehead atoms. The Morgan fingerprint density at radius 2 is 1.65 bits per heavy atom. The number of aliphatic carboxylic acids is 1. The van der Waals surface area contributed by atoms with Crippen molar-refractivity contribution in [3.05, 3.63) is 69.7 Å². The van der Waals surface area contributed by atoms with Crippen molar-refractivity contribution in [2.24, 2.45) is 5.41 Å². The minimum absolute atomic E-state index is 0.362. The quantitative estimate of drug-likeness (QED) is 0.431. The molecule has 2 aromatic rings. The summed E-state index contributed by atoms with van der Waals surface area (Å²) in [5, 5.41) is 10.2. The highest BCUT2D eigenvalue weighted by atomic mass is 35.5. The first-order valence-electron chi connectivity index (χ1n) is 11.6. The normalized spacial score (nSPS) is 15.4. The van der Waals surface area contributed by atoms with Crippen molar-refractivity contribution < 1.29 is 19.5 Å². The molecule has 0 saturated carbocycles. The summed E-state index contributed by atoms with van der Waals surface area (Å²) in [5.74, 6) is -2.17. The van der Waals surface area contributed by atoms with Crippen LogP contribution < -0.4 is 0 Å². The lowest BCUT2D eigenvalue weighted by Crippen LogP contribution is -2.47. The van der Waals surface area contributed by atoms with Crippen LogP contribution in [0.5, 0.6) is 0 Å². The van der Waals surface area contributed by atoms with E-state index in [1.165, 1.54) is 16.0 Å². The van der Waals surface area contributed by atoms with E-state index in [2.05, 4.69) is 24.3 Å². The zero-order valence-electron chi connectivity index (χ0n) is 20.0. The van der Waals surface area contributed by atoms with Crippen molar-refractivity contribution in [3.63, 3.8) is 0 Å². The van der Waals surface area contributed by atoms with Gasteiger partial charge in [-0.25, -0.2) is 4.79 Å². The van der Waals surface area contributed by atoms with Gasteiger partial charge in [-0.2, -0.15) is 0 Å². The Bertz CT molecular complexity index is 991. The van der Waals surface area contributed by atoms with Crippen molar-refractivity contribution in [2.45, 2.75) is 65.3 Å². The number of hydrogen-bond donors (Lipinski definition) is 1. The molecule has 2 aromatic carbocycles. The van der Waals surface area contributed by atoms with Crippen LogP contribution in [0.2, 0.25) is 10.0 Å². The number of carbonyl (C=O) groups excluding carboxylic acids is 2. The third-order valence-electron chi connectivity index (χ3n) is 6.25. The monoisotopic (exact) mass is 505 g/mol. The summed E-state index contributed by atoms with van der Waals surface area (Å²) < 4.78 is 0. The first kappa shape index (κ1) is 27.9. The molecule has 1 aliphatic heterocycles. The molecule has 0 radical (unpaired) electrons. The number of likely N-dealkylation sites (tertiary alicyclic amines) is 1. The van der Waals surface area contributed by atoms with Crippen LogP contribution in [0.25, 0.3) is 0 Å². The Hall–Kier alpha value is -2.37. The molecule has 0 aromatic heterocycles. The van der Waals surface area contributed by atoms with Crippen LogP contribution in [-0.2, 0) is 27.2 Å². The summed E-state index contributed by atoms with van der Waals surface area (Å²) in [7, 11) is 0. The number of ketones is 1. The van der Waals surface area contributed by atoms with Crippen molar-refractivity contribution in [1.82, 2.24) is 4.90 Å². The molecule has 0 spiro atoms. The minimum Gasteiger partial charge on any atom is -0.480 e. The fourth-order valence-electron chi connectivity index (χ4n) is 3.68. The maximum Gasteiger partial charge on any atom is 0.326 e. The van der Waals surface area contributed by atoms with E-state index in [0.717, 1.165) is 19.3 Å². The van der Waals surface area contributed by atoms with Gasteiger partial charge in [0, 0.05) is 12.0 Å². The molecule has 1 heterocycles. The summed E-state index contributed by atoms with van der Waals surface area (Å²) in [4.78, 5) is 36.1. The molecule has 3 rings (SSSR count). The molecule has 1 fully saturated rings. The second kappa shape index (κ2) is 12.9. The molecule has 1 N–H and O–H groups in total. The van der Waals surface area contributed by atoms with Crippen molar-refractivity contribution in [1.29, 1.82) is 0 Å². The predicted octanol–water partition coefficient (Wildman–Crippen LogP) is 6.24. The van der Waals surface area contributed by atoms with E-state index in [9.17, 15) is 14.4 Å². The zero-order chi connectivity index (χ0) is 25.3. The Morgan fingerprint density at radius 3 is 2.24 bits per heavy atom. The number of amides is 1. The van der Waals surface area contributed by atoms with E-state index in [4.69, 9.17) is 28.3 Å². The van der Waals surface area contributed by atoms with Crippen LogP contribution in [-0.4, -0.2) is 40.3 Å². The van der Waals surface area contributed by atoms with Crippen molar-refractivity contribution in [2.75, 3.05) is 6.54 Å². The van der Waals surface area contributed by atoms with Crippen LogP contribution in [0.1, 0.15) is 57.6 Å². The molecule has 7 heteroatoms. The predicted molar refractivity (Wildman–Crippen MR) is 136 cm³/mol. The molecule has 5 nitrogen and oxygen atoms in total. The molecule has 184 valence electrons. The Balaban J connectivity index is 0.000000240. The summed E-state index contributed by atoms with van der Waals surface area (Å²) in [6.45, 7) is 5.61. The van der Waals surface area contributed by atoms with Gasteiger partial charge < -0.3 is 10.0 Å². The maximum absolute atomic E-state index is 12.0. The van der Waals surface area contributed by atoms with Gasteiger partial charge in [-0.1, -0.05) is 80.4 Å². The number of Topliss-reactive ketones (excluding diaryl/α,β-unsaturated/α-hetero) is 1. The number of carboxylic acids is 1. The van der Waals surface area contributed by atoms with E-state index in [0.29, 0.717) is 35.9 Å². The molecule has 1 unspecified atom stereocenters. The van der Waals surface area contributed by atoms with Crippen LogP contribution in [0.3, 0.4) is 0 Å². The Morgan fingerprint density at radius 1 is 1.00 bits per heavy atom. The molecule has 1 aliphatic rings. The van der Waals surface area contributed by atoms with Gasteiger partial charge in [-0.3, -0.25) is 9.59 Å². The number of carboxylic acid groups (broad SMARTS) is 1. The second-order valence-corrected chi connectivity index (χ2v) is 9.96. The number of rotatable bonds is 8. The molecule has 0 aliphatic carbocycles. The average Bonchev–Trinajstić information content (AvgIpc) is 3.32. The summed E-state index contributed by atoms with van der Waals surface area (Å²) in [6.07, 6.45) is 4.89. The van der Waals surface area contributed by atoms with E-state index in [-0.39, 0.29) is 0 Å². The smallest absolute Gasteiger partial charge is 0.326 e. The Kier molecular flexibility index (Phi) is 10.6. The summed E-state index contributed by atoms with van der Waals surface area (Å²) in [6, 6.07) is 15.5. The number of benzene rings is 2. The lowest BCUT2D eigenvalue weighted by atomic mass is 9.84. The molecular formula is C27H33Cl2NO4. The second-order valence-electron chi connectivity index (χ2n) is 9.15. The van der Waals surface area contributed by atoms with Crippen LogP contribution in [0.15, 0.2) is 48.5 Å². The van der Waals surface area contributed by atoms with Gasteiger partial charge in [0.15, 0.2) is 0 Å². The van der Waals surface area contributed by atoms with Crippen LogP contribution in [0.4, 0.5) is 0 Å². The molecule has 1 saturated heterocycles. The van der Waals surface area contributed by atoms with E-state index < -0.39 is 29.1 Å². The summed E-state index contributed by atoms with van der Waals surface area (Å²) >= 11 is 11.9. The summed E-state index contributed by atoms with van der Waals surface area (Å²) in [5.41, 5.74) is 1.91. The Labute approximate surface area is 212 Å². The maximum atomic E-state index is 12.0. The molecular weight excluding hydrogens is 473 g/mol. The van der Waals surface area contributed by atoms with Gasteiger partial charge in [0.1, 0.15) is 6.04 Å².